The zero-order valence-electron chi connectivity index (χ0n) is 13.4. The monoisotopic (exact) mass is 326 g/mol. The van der Waals surface area contributed by atoms with Crippen LogP contribution in [-0.2, 0) is 4.79 Å². The van der Waals surface area contributed by atoms with Gasteiger partial charge < -0.3 is 15.8 Å². The van der Waals surface area contributed by atoms with Crippen molar-refractivity contribution in [2.45, 2.75) is 52.0 Å². The second-order valence-electron chi connectivity index (χ2n) is 5.94. The van der Waals surface area contributed by atoms with Crippen molar-refractivity contribution < 1.29 is 9.53 Å². The topological polar surface area (TPSA) is 64.3 Å². The maximum atomic E-state index is 12.2. The molecule has 3 N–H and O–H groups in total. The SMILES string of the molecule is CCCCOc1ccc(NC(=O)C2CCC(N)C2)c(C)c1.Cl. The summed E-state index contributed by atoms with van der Waals surface area (Å²) in [5.74, 6) is 1.01. The molecule has 5 heteroatoms. The highest BCUT2D eigenvalue weighted by molar-refractivity contribution is 5.93. The average molecular weight is 327 g/mol. The molecule has 2 rings (SSSR count). The Hall–Kier alpha value is -1.26. The van der Waals surface area contributed by atoms with Crippen LogP contribution in [0.3, 0.4) is 0 Å². The minimum absolute atomic E-state index is 0. The molecular weight excluding hydrogens is 300 g/mol. The van der Waals surface area contributed by atoms with Crippen LogP contribution in [0, 0.1) is 12.8 Å². The van der Waals surface area contributed by atoms with Gasteiger partial charge >= 0.3 is 0 Å². The van der Waals surface area contributed by atoms with Crippen LogP contribution in [0.25, 0.3) is 0 Å². The lowest BCUT2D eigenvalue weighted by Crippen LogP contribution is -2.23. The van der Waals surface area contributed by atoms with Crippen molar-refractivity contribution in [1.82, 2.24) is 0 Å². The summed E-state index contributed by atoms with van der Waals surface area (Å²) < 4.78 is 5.67. The van der Waals surface area contributed by atoms with Crippen LogP contribution >= 0.6 is 12.4 Å². The highest BCUT2D eigenvalue weighted by Gasteiger charge is 2.27. The van der Waals surface area contributed by atoms with Gasteiger partial charge in [-0.25, -0.2) is 0 Å². The standard InChI is InChI=1S/C17H26N2O2.ClH/c1-3-4-9-21-15-7-8-16(12(2)10-15)19-17(20)13-5-6-14(18)11-13;/h7-8,10,13-14H,3-6,9,11,18H2,1-2H3,(H,19,20);1H. The molecule has 1 aliphatic carbocycles. The molecule has 1 aromatic rings. The quantitative estimate of drug-likeness (QED) is 0.784. The third-order valence-electron chi connectivity index (χ3n) is 4.07. The second kappa shape index (κ2) is 9.01. The Balaban J connectivity index is 0.00000242. The van der Waals surface area contributed by atoms with Crippen molar-refractivity contribution in [3.05, 3.63) is 23.8 Å². The van der Waals surface area contributed by atoms with Gasteiger partial charge in [-0.05, 0) is 56.4 Å². The first-order chi connectivity index (χ1) is 10.1. The van der Waals surface area contributed by atoms with Crippen molar-refractivity contribution in [2.24, 2.45) is 11.7 Å². The molecule has 1 aliphatic rings. The maximum absolute atomic E-state index is 12.2. The molecule has 1 amide bonds. The van der Waals surface area contributed by atoms with Gasteiger partial charge in [-0.1, -0.05) is 13.3 Å². The normalized spacial score (nSPS) is 20.3. The van der Waals surface area contributed by atoms with Crippen LogP contribution < -0.4 is 15.8 Å². The van der Waals surface area contributed by atoms with E-state index in [1.54, 1.807) is 0 Å². The van der Waals surface area contributed by atoms with Gasteiger partial charge in [-0.2, -0.15) is 0 Å². The smallest absolute Gasteiger partial charge is 0.227 e. The van der Waals surface area contributed by atoms with Gasteiger partial charge in [0.2, 0.25) is 5.91 Å². The first kappa shape index (κ1) is 18.8. The number of halogens is 1. The number of benzene rings is 1. The first-order valence-corrected chi connectivity index (χ1v) is 7.90. The zero-order valence-corrected chi connectivity index (χ0v) is 14.2. The molecular formula is C17H27ClN2O2. The average Bonchev–Trinajstić information content (AvgIpc) is 2.89. The fourth-order valence-electron chi connectivity index (χ4n) is 2.69. The molecule has 0 heterocycles. The lowest BCUT2D eigenvalue weighted by molar-refractivity contribution is -0.119. The number of nitrogens with two attached hydrogens (primary N) is 1. The third kappa shape index (κ3) is 5.18. The molecule has 1 saturated carbocycles. The van der Waals surface area contributed by atoms with Crippen molar-refractivity contribution in [3.63, 3.8) is 0 Å². The lowest BCUT2D eigenvalue weighted by atomic mass is 10.1. The van der Waals surface area contributed by atoms with Gasteiger partial charge in [-0.15, -0.1) is 12.4 Å². The molecule has 0 aliphatic heterocycles. The van der Waals surface area contributed by atoms with E-state index in [-0.39, 0.29) is 30.3 Å². The Morgan fingerprint density at radius 3 is 2.77 bits per heavy atom. The van der Waals surface area contributed by atoms with Crippen molar-refractivity contribution in [2.75, 3.05) is 11.9 Å². The van der Waals surface area contributed by atoms with Gasteiger partial charge in [0.05, 0.1) is 6.61 Å². The predicted molar refractivity (Wildman–Crippen MR) is 92.8 cm³/mol. The van der Waals surface area contributed by atoms with E-state index in [0.717, 1.165) is 55.7 Å². The summed E-state index contributed by atoms with van der Waals surface area (Å²) in [7, 11) is 0. The summed E-state index contributed by atoms with van der Waals surface area (Å²) in [6.45, 7) is 4.87. The van der Waals surface area contributed by atoms with E-state index in [9.17, 15) is 4.79 Å². The van der Waals surface area contributed by atoms with Gasteiger partial charge in [0.1, 0.15) is 5.75 Å². The van der Waals surface area contributed by atoms with Crippen LogP contribution in [-0.4, -0.2) is 18.6 Å². The molecule has 0 bridgehead atoms. The van der Waals surface area contributed by atoms with Gasteiger partial charge in [0.25, 0.3) is 0 Å². The summed E-state index contributed by atoms with van der Waals surface area (Å²) in [6, 6.07) is 5.99. The fourth-order valence-corrected chi connectivity index (χ4v) is 2.69. The van der Waals surface area contributed by atoms with E-state index in [1.807, 2.05) is 25.1 Å². The minimum atomic E-state index is 0. The molecule has 4 nitrogen and oxygen atoms in total. The molecule has 0 aromatic heterocycles. The van der Waals surface area contributed by atoms with E-state index >= 15 is 0 Å². The molecule has 2 atom stereocenters. The number of carbonyl (C=O) groups excluding carboxylic acids is 1. The summed E-state index contributed by atoms with van der Waals surface area (Å²) in [6.07, 6.45) is 4.81. The third-order valence-corrected chi connectivity index (χ3v) is 4.07. The highest BCUT2D eigenvalue weighted by Crippen LogP contribution is 2.27. The summed E-state index contributed by atoms with van der Waals surface area (Å²) >= 11 is 0. The lowest BCUT2D eigenvalue weighted by Gasteiger charge is -2.14. The first-order valence-electron chi connectivity index (χ1n) is 7.90. The summed E-state index contributed by atoms with van der Waals surface area (Å²) in [4.78, 5) is 12.2. The van der Waals surface area contributed by atoms with Crippen molar-refractivity contribution in [3.8, 4) is 5.75 Å². The molecule has 2 unspecified atom stereocenters. The van der Waals surface area contributed by atoms with E-state index < -0.39 is 0 Å². The van der Waals surface area contributed by atoms with Crippen LogP contribution in [0.4, 0.5) is 5.69 Å². The molecule has 0 spiro atoms. The number of rotatable bonds is 6. The molecule has 22 heavy (non-hydrogen) atoms. The zero-order chi connectivity index (χ0) is 15.2. The number of carbonyl (C=O) groups is 1. The van der Waals surface area contributed by atoms with Crippen LogP contribution in [0.5, 0.6) is 5.75 Å². The maximum Gasteiger partial charge on any atom is 0.227 e. The molecule has 0 radical (unpaired) electrons. The minimum Gasteiger partial charge on any atom is -0.494 e. The number of unbranched alkanes of at least 4 members (excludes halogenated alkanes) is 1. The predicted octanol–water partition coefficient (Wildman–Crippen LogP) is 3.66. The number of hydrogen-bond acceptors (Lipinski definition) is 3. The summed E-state index contributed by atoms with van der Waals surface area (Å²) in [5.41, 5.74) is 7.76. The Morgan fingerprint density at radius 1 is 1.41 bits per heavy atom. The molecule has 0 saturated heterocycles. The Bertz CT molecular complexity index is 494. The van der Waals surface area contributed by atoms with E-state index in [0.29, 0.717) is 0 Å². The Labute approximate surface area is 139 Å². The molecule has 1 aromatic carbocycles. The van der Waals surface area contributed by atoms with Crippen molar-refractivity contribution in [1.29, 1.82) is 0 Å². The number of aryl methyl sites for hydroxylation is 1. The number of ether oxygens (including phenoxy) is 1. The molecule has 124 valence electrons. The number of amides is 1. The summed E-state index contributed by atoms with van der Waals surface area (Å²) in [5, 5.41) is 3.02. The number of anilines is 1. The number of hydrogen-bond donors (Lipinski definition) is 2. The van der Waals surface area contributed by atoms with Crippen LogP contribution in [0.1, 0.15) is 44.6 Å². The van der Waals surface area contributed by atoms with Crippen LogP contribution in [0.2, 0.25) is 0 Å². The number of nitrogens with one attached hydrogen (secondary N) is 1. The second-order valence-corrected chi connectivity index (χ2v) is 5.94. The van der Waals surface area contributed by atoms with E-state index in [4.69, 9.17) is 10.5 Å². The van der Waals surface area contributed by atoms with E-state index in [1.165, 1.54) is 0 Å². The molecule has 1 fully saturated rings. The van der Waals surface area contributed by atoms with Gasteiger partial charge in [-0.3, -0.25) is 4.79 Å². The van der Waals surface area contributed by atoms with Gasteiger partial charge in [0.15, 0.2) is 0 Å². The highest BCUT2D eigenvalue weighted by atomic mass is 35.5. The van der Waals surface area contributed by atoms with Gasteiger partial charge in [0, 0.05) is 17.6 Å². The Morgan fingerprint density at radius 2 is 2.18 bits per heavy atom. The fraction of sp³-hybridized carbons (Fsp3) is 0.588. The Kier molecular flexibility index (Phi) is 7.69. The van der Waals surface area contributed by atoms with Crippen LogP contribution in [0.15, 0.2) is 18.2 Å². The van der Waals surface area contributed by atoms with Crippen molar-refractivity contribution >= 4 is 24.0 Å². The van der Waals surface area contributed by atoms with E-state index in [2.05, 4.69) is 12.2 Å². The largest absolute Gasteiger partial charge is 0.494 e.